The lowest BCUT2D eigenvalue weighted by molar-refractivity contribution is 0.0517. The highest BCUT2D eigenvalue weighted by atomic mass is 16.5. The first-order valence-electron chi connectivity index (χ1n) is 5.16. The molecule has 1 unspecified atom stereocenters. The highest BCUT2D eigenvalue weighted by Crippen LogP contribution is 2.16. The molecule has 0 aliphatic carbocycles. The molecule has 0 radical (unpaired) electrons. The topological polar surface area (TPSA) is 98.6 Å². The van der Waals surface area contributed by atoms with Crippen molar-refractivity contribution in [3.63, 3.8) is 0 Å². The number of aromatic amines is 1. The molecule has 90 valence electrons. The molecular formula is C9H12N6O2. The van der Waals surface area contributed by atoms with Crippen molar-refractivity contribution in [2.75, 3.05) is 6.61 Å². The van der Waals surface area contributed by atoms with Gasteiger partial charge in [-0.1, -0.05) is 0 Å². The second-order valence-electron chi connectivity index (χ2n) is 3.33. The van der Waals surface area contributed by atoms with Crippen LogP contribution in [0, 0.1) is 0 Å². The van der Waals surface area contributed by atoms with Crippen LogP contribution in [-0.4, -0.2) is 42.8 Å². The number of hydrogen-bond acceptors (Lipinski definition) is 6. The van der Waals surface area contributed by atoms with Crippen molar-refractivity contribution in [2.45, 2.75) is 19.9 Å². The summed E-state index contributed by atoms with van der Waals surface area (Å²) in [6, 6.07) is -0.240. The molecule has 17 heavy (non-hydrogen) atoms. The van der Waals surface area contributed by atoms with Crippen molar-refractivity contribution in [3.8, 4) is 0 Å². The van der Waals surface area contributed by atoms with Crippen LogP contribution in [0.2, 0.25) is 0 Å². The largest absolute Gasteiger partial charge is 0.461 e. The van der Waals surface area contributed by atoms with Gasteiger partial charge in [0.25, 0.3) is 0 Å². The predicted octanol–water partition coefficient (Wildman–Crippen LogP) is 0.182. The van der Waals surface area contributed by atoms with Crippen LogP contribution in [0.25, 0.3) is 0 Å². The summed E-state index contributed by atoms with van der Waals surface area (Å²) in [4.78, 5) is 15.5. The Kier molecular flexibility index (Phi) is 3.12. The van der Waals surface area contributed by atoms with E-state index in [2.05, 4.69) is 25.5 Å². The molecule has 0 bridgehead atoms. The fraction of sp³-hybridized carbons (Fsp3) is 0.444. The van der Waals surface area contributed by atoms with Gasteiger partial charge in [0.2, 0.25) is 0 Å². The van der Waals surface area contributed by atoms with Gasteiger partial charge in [-0.2, -0.15) is 15.4 Å². The van der Waals surface area contributed by atoms with Gasteiger partial charge in [0.05, 0.1) is 12.6 Å². The maximum absolute atomic E-state index is 11.6. The van der Waals surface area contributed by atoms with Crippen LogP contribution in [0.5, 0.6) is 0 Å². The Morgan fingerprint density at radius 2 is 2.41 bits per heavy atom. The number of rotatable bonds is 4. The average molecular weight is 236 g/mol. The fourth-order valence-corrected chi connectivity index (χ4v) is 1.42. The molecule has 0 aliphatic heterocycles. The Labute approximate surface area is 97.0 Å². The second kappa shape index (κ2) is 4.73. The highest BCUT2D eigenvalue weighted by molar-refractivity contribution is 5.88. The van der Waals surface area contributed by atoms with E-state index in [4.69, 9.17) is 4.74 Å². The summed E-state index contributed by atoms with van der Waals surface area (Å²) < 4.78 is 6.47. The number of hydrogen-bond donors (Lipinski definition) is 1. The van der Waals surface area contributed by atoms with Crippen molar-refractivity contribution in [1.82, 2.24) is 30.2 Å². The first kappa shape index (κ1) is 11.2. The summed E-state index contributed by atoms with van der Waals surface area (Å²) in [6.45, 7) is 3.87. The van der Waals surface area contributed by atoms with Crippen LogP contribution in [0.1, 0.15) is 36.1 Å². The first-order chi connectivity index (χ1) is 8.24. The van der Waals surface area contributed by atoms with Gasteiger partial charge in [-0.15, -0.1) is 5.10 Å². The molecule has 2 rings (SSSR count). The van der Waals surface area contributed by atoms with Crippen molar-refractivity contribution in [3.05, 3.63) is 24.0 Å². The van der Waals surface area contributed by atoms with E-state index in [0.29, 0.717) is 12.3 Å². The Morgan fingerprint density at radius 1 is 1.59 bits per heavy atom. The average Bonchev–Trinajstić information content (AvgIpc) is 3.00. The molecule has 1 N–H and O–H groups in total. The zero-order chi connectivity index (χ0) is 12.3. The third-order valence-corrected chi connectivity index (χ3v) is 2.27. The number of carbonyl (C=O) groups excluding carboxylic acids is 1. The minimum atomic E-state index is -0.497. The SMILES string of the molecule is CCOC(=O)c1n[nH]nc1C(C)n1cncn1. The van der Waals surface area contributed by atoms with Gasteiger partial charge in [-0.05, 0) is 13.8 Å². The summed E-state index contributed by atoms with van der Waals surface area (Å²) in [6.07, 6.45) is 2.97. The zero-order valence-electron chi connectivity index (χ0n) is 9.49. The van der Waals surface area contributed by atoms with Crippen LogP contribution < -0.4 is 0 Å². The van der Waals surface area contributed by atoms with E-state index < -0.39 is 5.97 Å². The number of nitrogens with zero attached hydrogens (tertiary/aromatic N) is 5. The number of H-pyrrole nitrogens is 1. The molecule has 0 aromatic carbocycles. The molecule has 0 fully saturated rings. The number of esters is 1. The first-order valence-corrected chi connectivity index (χ1v) is 5.16. The standard InChI is InChI=1S/C9H12N6O2/c1-3-17-9(16)8-7(12-14-13-8)6(2)15-5-10-4-11-15/h4-6H,3H2,1-2H3,(H,12,13,14). The van der Waals surface area contributed by atoms with Crippen LogP contribution in [0.3, 0.4) is 0 Å². The minimum Gasteiger partial charge on any atom is -0.461 e. The Hall–Kier alpha value is -2.25. The maximum Gasteiger partial charge on any atom is 0.360 e. The molecule has 0 aliphatic rings. The molecule has 0 amide bonds. The van der Waals surface area contributed by atoms with Crippen LogP contribution in [0.15, 0.2) is 12.7 Å². The zero-order valence-corrected chi connectivity index (χ0v) is 9.49. The summed E-state index contributed by atoms with van der Waals surface area (Å²) in [5.74, 6) is -0.497. The van der Waals surface area contributed by atoms with Crippen molar-refractivity contribution in [2.24, 2.45) is 0 Å². The van der Waals surface area contributed by atoms with Crippen LogP contribution in [0.4, 0.5) is 0 Å². The van der Waals surface area contributed by atoms with E-state index in [-0.39, 0.29) is 11.7 Å². The van der Waals surface area contributed by atoms with Crippen molar-refractivity contribution >= 4 is 5.97 Å². The quantitative estimate of drug-likeness (QED) is 0.760. The molecule has 0 spiro atoms. The van der Waals surface area contributed by atoms with E-state index in [1.807, 2.05) is 6.92 Å². The summed E-state index contributed by atoms with van der Waals surface area (Å²) in [5.41, 5.74) is 0.656. The summed E-state index contributed by atoms with van der Waals surface area (Å²) in [7, 11) is 0. The Balaban J connectivity index is 2.27. The molecule has 1 atom stereocenters. The van der Waals surface area contributed by atoms with Gasteiger partial charge < -0.3 is 4.74 Å². The highest BCUT2D eigenvalue weighted by Gasteiger charge is 2.23. The molecule has 2 aromatic heterocycles. The number of nitrogens with one attached hydrogen (secondary N) is 1. The van der Waals surface area contributed by atoms with Gasteiger partial charge in [0.15, 0.2) is 5.69 Å². The second-order valence-corrected chi connectivity index (χ2v) is 3.33. The lowest BCUT2D eigenvalue weighted by Gasteiger charge is -2.09. The minimum absolute atomic E-state index is 0.176. The monoisotopic (exact) mass is 236 g/mol. The molecule has 8 heteroatoms. The third-order valence-electron chi connectivity index (χ3n) is 2.27. The van der Waals surface area contributed by atoms with E-state index in [9.17, 15) is 4.79 Å². The van der Waals surface area contributed by atoms with Gasteiger partial charge in [0.1, 0.15) is 18.3 Å². The summed E-state index contributed by atoms with van der Waals surface area (Å²) >= 11 is 0. The normalized spacial score (nSPS) is 12.4. The molecule has 0 saturated heterocycles. The molecular weight excluding hydrogens is 224 g/mol. The lowest BCUT2D eigenvalue weighted by atomic mass is 10.2. The van der Waals surface area contributed by atoms with E-state index in [1.54, 1.807) is 17.9 Å². The molecule has 2 heterocycles. The fourth-order valence-electron chi connectivity index (χ4n) is 1.42. The predicted molar refractivity (Wildman–Crippen MR) is 56.2 cm³/mol. The molecule has 0 saturated carbocycles. The van der Waals surface area contributed by atoms with Crippen LogP contribution in [-0.2, 0) is 4.74 Å². The van der Waals surface area contributed by atoms with Gasteiger partial charge in [-0.3, -0.25) is 0 Å². The van der Waals surface area contributed by atoms with E-state index in [1.165, 1.54) is 6.33 Å². The van der Waals surface area contributed by atoms with Gasteiger partial charge in [0, 0.05) is 0 Å². The van der Waals surface area contributed by atoms with Crippen molar-refractivity contribution < 1.29 is 9.53 Å². The molecule has 8 nitrogen and oxygen atoms in total. The van der Waals surface area contributed by atoms with Gasteiger partial charge >= 0.3 is 5.97 Å². The lowest BCUT2D eigenvalue weighted by Crippen LogP contribution is -2.14. The third kappa shape index (κ3) is 2.14. The van der Waals surface area contributed by atoms with E-state index >= 15 is 0 Å². The van der Waals surface area contributed by atoms with E-state index in [0.717, 1.165) is 0 Å². The number of aromatic nitrogens is 6. The van der Waals surface area contributed by atoms with Crippen LogP contribution >= 0.6 is 0 Å². The number of ether oxygens (including phenoxy) is 1. The Morgan fingerprint density at radius 3 is 3.06 bits per heavy atom. The number of carbonyl (C=O) groups is 1. The smallest absolute Gasteiger partial charge is 0.360 e. The Bertz CT molecular complexity index is 491. The summed E-state index contributed by atoms with van der Waals surface area (Å²) in [5, 5.41) is 14.2. The van der Waals surface area contributed by atoms with Gasteiger partial charge in [-0.25, -0.2) is 14.5 Å². The van der Waals surface area contributed by atoms with Crippen molar-refractivity contribution in [1.29, 1.82) is 0 Å². The molecule has 2 aromatic rings. The maximum atomic E-state index is 11.6.